The van der Waals surface area contributed by atoms with Crippen molar-refractivity contribution >= 4 is 28.8 Å². The van der Waals surface area contributed by atoms with Gasteiger partial charge in [-0.05, 0) is 60.2 Å². The number of amides is 2. The number of carbonyl (C=O) groups is 2. The number of nitriles is 1. The third-order valence-corrected chi connectivity index (χ3v) is 4.57. The summed E-state index contributed by atoms with van der Waals surface area (Å²) in [4.78, 5) is 27.3. The predicted molar refractivity (Wildman–Crippen MR) is 107 cm³/mol. The quantitative estimate of drug-likeness (QED) is 0.664. The van der Waals surface area contributed by atoms with Crippen LogP contribution in [-0.2, 0) is 9.59 Å². The van der Waals surface area contributed by atoms with Gasteiger partial charge in [-0.25, -0.2) is 13.7 Å². The lowest BCUT2D eigenvalue weighted by atomic mass is 10.0. The minimum Gasteiger partial charge on any atom is -0.350 e. The van der Waals surface area contributed by atoms with Crippen LogP contribution in [0.1, 0.15) is 11.1 Å². The van der Waals surface area contributed by atoms with Crippen molar-refractivity contribution in [3.05, 3.63) is 101 Å². The summed E-state index contributed by atoms with van der Waals surface area (Å²) in [5.41, 5.74) is 1.26. The fraction of sp³-hybridized carbons (Fsp3) is 0. The average Bonchev–Trinajstić information content (AvgIpc) is 2.98. The third-order valence-electron chi connectivity index (χ3n) is 4.57. The van der Waals surface area contributed by atoms with Crippen LogP contribution in [0.5, 0.6) is 0 Å². The van der Waals surface area contributed by atoms with Gasteiger partial charge < -0.3 is 5.32 Å². The summed E-state index contributed by atoms with van der Waals surface area (Å²) < 4.78 is 27.0. The Balaban J connectivity index is 1.81. The number of nitrogens with zero attached hydrogens (tertiary/aromatic N) is 2. The number of nitrogens with one attached hydrogen (secondary N) is 1. The average molecular weight is 401 g/mol. The highest BCUT2D eigenvalue weighted by molar-refractivity contribution is 6.46. The Morgan fingerprint density at radius 1 is 0.833 bits per heavy atom. The molecule has 7 heteroatoms. The van der Waals surface area contributed by atoms with Gasteiger partial charge in [0.2, 0.25) is 0 Å². The molecule has 146 valence electrons. The van der Waals surface area contributed by atoms with Crippen molar-refractivity contribution in [1.29, 1.82) is 5.26 Å². The maximum Gasteiger partial charge on any atom is 0.282 e. The van der Waals surface area contributed by atoms with E-state index in [4.69, 9.17) is 5.26 Å². The minimum absolute atomic E-state index is 0.0358. The number of halogens is 2. The lowest BCUT2D eigenvalue weighted by Crippen LogP contribution is -2.32. The van der Waals surface area contributed by atoms with Crippen LogP contribution in [0.4, 0.5) is 20.2 Å². The van der Waals surface area contributed by atoms with Crippen molar-refractivity contribution < 1.29 is 18.4 Å². The molecule has 1 aliphatic heterocycles. The molecule has 1 aliphatic rings. The topological polar surface area (TPSA) is 73.2 Å². The van der Waals surface area contributed by atoms with Gasteiger partial charge in [-0.1, -0.05) is 18.2 Å². The maximum atomic E-state index is 13.6. The van der Waals surface area contributed by atoms with E-state index in [2.05, 4.69) is 5.32 Å². The van der Waals surface area contributed by atoms with Crippen molar-refractivity contribution in [2.24, 2.45) is 0 Å². The van der Waals surface area contributed by atoms with Crippen molar-refractivity contribution in [3.63, 3.8) is 0 Å². The second-order valence-corrected chi connectivity index (χ2v) is 6.50. The number of imide groups is 1. The van der Waals surface area contributed by atoms with E-state index in [0.29, 0.717) is 11.1 Å². The summed E-state index contributed by atoms with van der Waals surface area (Å²) in [6, 6.07) is 18.6. The molecule has 3 aromatic carbocycles. The van der Waals surface area contributed by atoms with E-state index in [9.17, 15) is 18.4 Å². The SMILES string of the molecule is N#Cc1ccc(N2C(=O)C(Nc3cccc(F)c3)=C(c3ccc(F)cc3)C2=O)cc1. The number of anilines is 2. The Kier molecular flexibility index (Phi) is 4.82. The number of hydrogen-bond donors (Lipinski definition) is 1. The largest absolute Gasteiger partial charge is 0.350 e. The van der Waals surface area contributed by atoms with Crippen molar-refractivity contribution in [1.82, 2.24) is 0 Å². The Hall–Kier alpha value is -4.31. The second kappa shape index (κ2) is 7.60. The summed E-state index contributed by atoms with van der Waals surface area (Å²) in [5, 5.41) is 11.8. The molecule has 3 aromatic rings. The first-order chi connectivity index (χ1) is 14.5. The summed E-state index contributed by atoms with van der Waals surface area (Å²) in [7, 11) is 0. The number of carbonyl (C=O) groups excluding carboxylic acids is 2. The Bertz CT molecular complexity index is 1230. The minimum atomic E-state index is -0.645. The fourth-order valence-corrected chi connectivity index (χ4v) is 3.16. The highest BCUT2D eigenvalue weighted by Crippen LogP contribution is 2.34. The summed E-state index contributed by atoms with van der Waals surface area (Å²) >= 11 is 0. The van der Waals surface area contributed by atoms with Crippen molar-refractivity contribution in [3.8, 4) is 6.07 Å². The predicted octanol–water partition coefficient (Wildman–Crippen LogP) is 4.23. The molecule has 0 aliphatic carbocycles. The maximum absolute atomic E-state index is 13.6. The van der Waals surface area contributed by atoms with Crippen LogP contribution in [-0.4, -0.2) is 11.8 Å². The van der Waals surface area contributed by atoms with Crippen molar-refractivity contribution in [2.45, 2.75) is 0 Å². The first-order valence-corrected chi connectivity index (χ1v) is 8.89. The van der Waals surface area contributed by atoms with Gasteiger partial charge in [0.1, 0.15) is 17.3 Å². The fourth-order valence-electron chi connectivity index (χ4n) is 3.16. The highest BCUT2D eigenvalue weighted by atomic mass is 19.1. The van der Waals surface area contributed by atoms with E-state index in [1.807, 2.05) is 6.07 Å². The van der Waals surface area contributed by atoms with Crippen LogP contribution in [0, 0.1) is 23.0 Å². The van der Waals surface area contributed by atoms with Gasteiger partial charge in [-0.2, -0.15) is 5.26 Å². The molecule has 5 nitrogen and oxygen atoms in total. The summed E-state index contributed by atoms with van der Waals surface area (Å²) in [6.07, 6.45) is 0. The molecule has 1 heterocycles. The lowest BCUT2D eigenvalue weighted by molar-refractivity contribution is -0.120. The molecule has 0 spiro atoms. The Morgan fingerprint density at radius 3 is 2.17 bits per heavy atom. The molecule has 4 rings (SSSR count). The summed E-state index contributed by atoms with van der Waals surface area (Å²) in [5.74, 6) is -2.26. The zero-order chi connectivity index (χ0) is 21.3. The molecule has 0 bridgehead atoms. The molecular weight excluding hydrogens is 388 g/mol. The van der Waals surface area contributed by atoms with Gasteiger partial charge in [0, 0.05) is 5.69 Å². The zero-order valence-corrected chi connectivity index (χ0v) is 15.4. The van der Waals surface area contributed by atoms with Crippen LogP contribution in [0.3, 0.4) is 0 Å². The molecule has 0 saturated carbocycles. The molecule has 0 saturated heterocycles. The molecule has 2 amide bonds. The first kappa shape index (κ1) is 19.0. The number of hydrogen-bond acceptors (Lipinski definition) is 4. The molecule has 0 fully saturated rings. The smallest absolute Gasteiger partial charge is 0.282 e. The van der Waals surface area contributed by atoms with Gasteiger partial charge in [0.15, 0.2) is 0 Å². The normalized spacial score (nSPS) is 13.6. The van der Waals surface area contributed by atoms with E-state index in [0.717, 1.165) is 4.90 Å². The molecule has 0 radical (unpaired) electrons. The van der Waals surface area contributed by atoms with Gasteiger partial charge >= 0.3 is 0 Å². The molecule has 0 unspecified atom stereocenters. The third kappa shape index (κ3) is 3.42. The Labute approximate surface area is 170 Å². The summed E-state index contributed by atoms with van der Waals surface area (Å²) in [6.45, 7) is 0. The van der Waals surface area contributed by atoms with Crippen LogP contribution < -0.4 is 10.2 Å². The lowest BCUT2D eigenvalue weighted by Gasteiger charge is -2.15. The van der Waals surface area contributed by atoms with E-state index < -0.39 is 23.4 Å². The number of benzene rings is 3. The van der Waals surface area contributed by atoms with E-state index in [-0.39, 0.29) is 22.6 Å². The first-order valence-electron chi connectivity index (χ1n) is 8.89. The number of rotatable bonds is 4. The molecule has 0 atom stereocenters. The van der Waals surface area contributed by atoms with Crippen LogP contribution >= 0.6 is 0 Å². The van der Waals surface area contributed by atoms with Gasteiger partial charge in [0.25, 0.3) is 11.8 Å². The molecule has 0 aromatic heterocycles. The molecular formula is C23H13F2N3O2. The molecule has 30 heavy (non-hydrogen) atoms. The monoisotopic (exact) mass is 401 g/mol. The van der Waals surface area contributed by atoms with Gasteiger partial charge in [0.05, 0.1) is 22.9 Å². The van der Waals surface area contributed by atoms with Gasteiger partial charge in [-0.15, -0.1) is 0 Å². The molecule has 1 N–H and O–H groups in total. The van der Waals surface area contributed by atoms with Gasteiger partial charge in [-0.3, -0.25) is 9.59 Å². The standard InChI is InChI=1S/C23H13F2N3O2/c24-16-8-6-15(7-9-16)20-21(27-18-3-1-2-17(25)12-18)23(30)28(22(20)29)19-10-4-14(13-26)5-11-19/h1-12,27H. The highest BCUT2D eigenvalue weighted by Gasteiger charge is 2.40. The van der Waals surface area contributed by atoms with E-state index in [1.54, 1.807) is 6.07 Å². The van der Waals surface area contributed by atoms with Crippen LogP contribution in [0.15, 0.2) is 78.5 Å². The van der Waals surface area contributed by atoms with Crippen molar-refractivity contribution in [2.75, 3.05) is 10.2 Å². The van der Waals surface area contributed by atoms with Crippen LogP contribution in [0.2, 0.25) is 0 Å². The van der Waals surface area contributed by atoms with E-state index in [1.165, 1.54) is 66.7 Å². The second-order valence-electron chi connectivity index (χ2n) is 6.50. The van der Waals surface area contributed by atoms with Crippen LogP contribution in [0.25, 0.3) is 5.57 Å². The Morgan fingerprint density at radius 2 is 1.53 bits per heavy atom. The van der Waals surface area contributed by atoms with E-state index >= 15 is 0 Å². The zero-order valence-electron chi connectivity index (χ0n) is 15.4.